The molecule has 0 aromatic rings. The van der Waals surface area contributed by atoms with Crippen molar-refractivity contribution < 1.29 is 4.74 Å². The van der Waals surface area contributed by atoms with E-state index in [0.717, 1.165) is 19.4 Å². The first kappa shape index (κ1) is 13.0. The minimum atomic E-state index is 0.326. The highest BCUT2D eigenvalue weighted by Crippen LogP contribution is 2.23. The number of nitrogens with two attached hydrogens (primary N) is 1. The molecule has 2 atom stereocenters. The third-order valence-electron chi connectivity index (χ3n) is 3.10. The average molecular weight is 213 g/mol. The number of ether oxygens (including phenoxy) is 1. The molecule has 2 unspecified atom stereocenters. The molecular weight excluding hydrogens is 186 g/mol. The Morgan fingerprint density at radius 3 is 2.60 bits per heavy atom. The highest BCUT2D eigenvalue weighted by molar-refractivity contribution is 4.74. The van der Waals surface area contributed by atoms with Crippen molar-refractivity contribution in [1.29, 1.82) is 0 Å². The van der Waals surface area contributed by atoms with E-state index in [1.165, 1.54) is 25.7 Å². The van der Waals surface area contributed by atoms with Gasteiger partial charge >= 0.3 is 0 Å². The van der Waals surface area contributed by atoms with Crippen molar-refractivity contribution in [2.75, 3.05) is 6.61 Å². The summed E-state index contributed by atoms with van der Waals surface area (Å²) in [7, 11) is 0. The summed E-state index contributed by atoms with van der Waals surface area (Å²) in [5.41, 5.74) is 6.54. The molecule has 2 heteroatoms. The summed E-state index contributed by atoms with van der Waals surface area (Å²) in [4.78, 5) is 0. The molecule has 0 spiro atoms. The van der Waals surface area contributed by atoms with Crippen LogP contribution in [0.25, 0.3) is 0 Å². The summed E-state index contributed by atoms with van der Waals surface area (Å²) in [6, 6.07) is 0.326. The molecule has 0 radical (unpaired) electrons. The van der Waals surface area contributed by atoms with Crippen LogP contribution < -0.4 is 5.73 Å². The fraction of sp³-hybridized carbons (Fsp3) is 1.00. The first-order valence-corrected chi connectivity index (χ1v) is 6.34. The predicted molar refractivity (Wildman–Crippen MR) is 64.9 cm³/mol. The van der Waals surface area contributed by atoms with E-state index in [-0.39, 0.29) is 0 Å². The van der Waals surface area contributed by atoms with Crippen molar-refractivity contribution in [3.8, 4) is 0 Å². The first-order chi connectivity index (χ1) is 6.97. The van der Waals surface area contributed by atoms with E-state index < -0.39 is 0 Å². The fourth-order valence-electron chi connectivity index (χ4n) is 2.07. The first-order valence-electron chi connectivity index (χ1n) is 6.34. The van der Waals surface area contributed by atoms with Crippen molar-refractivity contribution in [3.05, 3.63) is 0 Å². The second-order valence-corrected chi connectivity index (χ2v) is 6.08. The summed E-state index contributed by atoms with van der Waals surface area (Å²) >= 11 is 0. The van der Waals surface area contributed by atoms with Crippen LogP contribution >= 0.6 is 0 Å². The third kappa shape index (κ3) is 6.16. The zero-order valence-electron chi connectivity index (χ0n) is 10.6. The van der Waals surface area contributed by atoms with Gasteiger partial charge in [0, 0.05) is 12.6 Å². The molecule has 0 amide bonds. The third-order valence-corrected chi connectivity index (χ3v) is 3.10. The number of hydrogen-bond donors (Lipinski definition) is 1. The largest absolute Gasteiger partial charge is 0.378 e. The van der Waals surface area contributed by atoms with Crippen molar-refractivity contribution in [1.82, 2.24) is 0 Å². The molecule has 1 rings (SSSR count). The quantitative estimate of drug-likeness (QED) is 0.779. The molecule has 0 aromatic carbocycles. The van der Waals surface area contributed by atoms with Gasteiger partial charge in [0.05, 0.1) is 6.10 Å². The molecule has 0 aliphatic carbocycles. The van der Waals surface area contributed by atoms with Crippen LogP contribution in [-0.2, 0) is 4.74 Å². The van der Waals surface area contributed by atoms with Gasteiger partial charge in [0.2, 0.25) is 0 Å². The van der Waals surface area contributed by atoms with Gasteiger partial charge in [0.1, 0.15) is 0 Å². The van der Waals surface area contributed by atoms with E-state index in [0.29, 0.717) is 17.6 Å². The summed E-state index contributed by atoms with van der Waals surface area (Å²) in [5.74, 6) is 0. The topological polar surface area (TPSA) is 35.2 Å². The van der Waals surface area contributed by atoms with Gasteiger partial charge in [-0.1, -0.05) is 20.8 Å². The lowest BCUT2D eigenvalue weighted by atomic mass is 9.87. The fourth-order valence-corrected chi connectivity index (χ4v) is 2.07. The normalized spacial score (nSPS) is 25.2. The zero-order chi connectivity index (χ0) is 11.3. The molecule has 1 saturated heterocycles. The average Bonchev–Trinajstić information content (AvgIpc) is 2.15. The van der Waals surface area contributed by atoms with Crippen molar-refractivity contribution >= 4 is 0 Å². The summed E-state index contributed by atoms with van der Waals surface area (Å²) < 4.78 is 5.70. The Kier molecular flexibility index (Phi) is 5.07. The maximum atomic E-state index is 6.13. The van der Waals surface area contributed by atoms with Crippen LogP contribution in [0.3, 0.4) is 0 Å². The van der Waals surface area contributed by atoms with E-state index in [9.17, 15) is 0 Å². The van der Waals surface area contributed by atoms with Gasteiger partial charge in [0.15, 0.2) is 0 Å². The second-order valence-electron chi connectivity index (χ2n) is 6.08. The van der Waals surface area contributed by atoms with E-state index in [1.807, 2.05) is 0 Å². The molecule has 0 bridgehead atoms. The highest BCUT2D eigenvalue weighted by atomic mass is 16.5. The predicted octanol–water partition coefficient (Wildman–Crippen LogP) is 3.10. The Labute approximate surface area is 94.6 Å². The maximum absolute atomic E-state index is 6.13. The van der Waals surface area contributed by atoms with Crippen molar-refractivity contribution in [3.63, 3.8) is 0 Å². The molecule has 2 N–H and O–H groups in total. The molecule has 1 heterocycles. The van der Waals surface area contributed by atoms with Crippen LogP contribution in [0.1, 0.15) is 59.3 Å². The Bertz CT molecular complexity index is 168. The van der Waals surface area contributed by atoms with Crippen molar-refractivity contribution in [2.24, 2.45) is 11.1 Å². The number of rotatable bonds is 4. The molecule has 2 nitrogen and oxygen atoms in total. The van der Waals surface area contributed by atoms with Gasteiger partial charge in [-0.2, -0.15) is 0 Å². The zero-order valence-corrected chi connectivity index (χ0v) is 10.6. The van der Waals surface area contributed by atoms with Gasteiger partial charge < -0.3 is 10.5 Å². The van der Waals surface area contributed by atoms with E-state index in [2.05, 4.69) is 20.8 Å². The Hall–Kier alpha value is -0.0800. The van der Waals surface area contributed by atoms with Gasteiger partial charge in [-0.15, -0.1) is 0 Å². The molecule has 1 aliphatic heterocycles. The summed E-state index contributed by atoms with van der Waals surface area (Å²) in [6.45, 7) is 7.77. The van der Waals surface area contributed by atoms with Gasteiger partial charge in [-0.05, 0) is 43.9 Å². The standard InChI is InChI=1S/C13H27NO/c1-13(2,3)8-7-11(14)10-12-6-4-5-9-15-12/h11-12H,4-10,14H2,1-3H3. The Balaban J connectivity index is 2.14. The van der Waals surface area contributed by atoms with Crippen LogP contribution in [0.4, 0.5) is 0 Å². The van der Waals surface area contributed by atoms with E-state index in [1.54, 1.807) is 0 Å². The maximum Gasteiger partial charge on any atom is 0.0589 e. The Morgan fingerprint density at radius 2 is 2.07 bits per heavy atom. The van der Waals surface area contributed by atoms with Crippen LogP contribution in [-0.4, -0.2) is 18.8 Å². The van der Waals surface area contributed by atoms with Crippen LogP contribution in [0.15, 0.2) is 0 Å². The van der Waals surface area contributed by atoms with Crippen LogP contribution in [0, 0.1) is 5.41 Å². The molecular formula is C13H27NO. The highest BCUT2D eigenvalue weighted by Gasteiger charge is 2.19. The Morgan fingerprint density at radius 1 is 1.33 bits per heavy atom. The smallest absolute Gasteiger partial charge is 0.0589 e. The minimum Gasteiger partial charge on any atom is -0.378 e. The second kappa shape index (κ2) is 5.86. The van der Waals surface area contributed by atoms with E-state index >= 15 is 0 Å². The van der Waals surface area contributed by atoms with Gasteiger partial charge in [0.25, 0.3) is 0 Å². The minimum absolute atomic E-state index is 0.326. The lowest BCUT2D eigenvalue weighted by molar-refractivity contribution is 0.00650. The molecule has 0 aromatic heterocycles. The lowest BCUT2D eigenvalue weighted by Crippen LogP contribution is -2.30. The van der Waals surface area contributed by atoms with Crippen molar-refractivity contribution in [2.45, 2.75) is 71.4 Å². The SMILES string of the molecule is CC(C)(C)CCC(N)CC1CCCCO1. The van der Waals surface area contributed by atoms with E-state index in [4.69, 9.17) is 10.5 Å². The molecule has 1 aliphatic rings. The van der Waals surface area contributed by atoms with Gasteiger partial charge in [-0.25, -0.2) is 0 Å². The van der Waals surface area contributed by atoms with Crippen LogP contribution in [0.5, 0.6) is 0 Å². The summed E-state index contributed by atoms with van der Waals surface area (Å²) in [5, 5.41) is 0. The summed E-state index contributed by atoms with van der Waals surface area (Å²) in [6.07, 6.45) is 7.59. The van der Waals surface area contributed by atoms with Gasteiger partial charge in [-0.3, -0.25) is 0 Å². The number of hydrogen-bond acceptors (Lipinski definition) is 2. The lowest BCUT2D eigenvalue weighted by Gasteiger charge is -2.27. The van der Waals surface area contributed by atoms with Crippen LogP contribution in [0.2, 0.25) is 0 Å². The molecule has 90 valence electrons. The monoisotopic (exact) mass is 213 g/mol. The molecule has 1 fully saturated rings. The molecule has 15 heavy (non-hydrogen) atoms. The molecule has 0 saturated carbocycles.